The first kappa shape index (κ1) is 10.4. The second kappa shape index (κ2) is 2.90. The molecule has 2 unspecified atom stereocenters. The van der Waals surface area contributed by atoms with E-state index in [2.05, 4.69) is 0 Å². The van der Waals surface area contributed by atoms with Crippen molar-refractivity contribution in [3.8, 4) is 0 Å². The van der Waals surface area contributed by atoms with E-state index in [4.69, 9.17) is 5.11 Å². The molecule has 0 aromatic carbocycles. The molecule has 0 aromatic rings. The van der Waals surface area contributed by atoms with Gasteiger partial charge in [-0.2, -0.15) is 8.78 Å². The van der Waals surface area contributed by atoms with Crippen LogP contribution in [0.2, 0.25) is 0 Å². The van der Waals surface area contributed by atoms with E-state index in [0.717, 1.165) is 0 Å². The van der Waals surface area contributed by atoms with Crippen LogP contribution < -0.4 is 0 Å². The Morgan fingerprint density at radius 3 is 2.46 bits per heavy atom. The number of hydrogen-bond acceptors (Lipinski definition) is 2. The van der Waals surface area contributed by atoms with E-state index >= 15 is 0 Å². The van der Waals surface area contributed by atoms with Gasteiger partial charge in [0.25, 0.3) is 0 Å². The molecule has 13 heavy (non-hydrogen) atoms. The van der Waals surface area contributed by atoms with Gasteiger partial charge in [0.1, 0.15) is 5.60 Å². The largest absolute Gasteiger partial charge is 0.477 e. The van der Waals surface area contributed by atoms with Gasteiger partial charge >= 0.3 is 11.9 Å². The van der Waals surface area contributed by atoms with Crippen LogP contribution in [0.1, 0.15) is 26.2 Å². The van der Waals surface area contributed by atoms with Crippen LogP contribution in [0.4, 0.5) is 8.78 Å². The molecule has 5 heteroatoms. The van der Waals surface area contributed by atoms with Crippen molar-refractivity contribution in [2.24, 2.45) is 5.92 Å². The highest BCUT2D eigenvalue weighted by atomic mass is 19.3. The molecule has 0 bridgehead atoms. The topological polar surface area (TPSA) is 57.5 Å². The Labute approximate surface area is 74.4 Å². The van der Waals surface area contributed by atoms with Gasteiger partial charge in [-0.15, -0.1) is 0 Å². The maximum Gasteiger partial charge on any atom is 0.377 e. The number of carboxylic acids is 1. The predicted octanol–water partition coefficient (Wildman–Crippen LogP) is 1.26. The first-order valence-corrected chi connectivity index (χ1v) is 4.16. The standard InChI is InChI=1S/C8H12F2O3/c1-5-3-2-4-7(5,13)8(9,10)6(11)12/h5,13H,2-4H2,1H3,(H,11,12). The molecule has 0 heterocycles. The summed E-state index contributed by atoms with van der Waals surface area (Å²) >= 11 is 0. The Bertz CT molecular complexity index is 229. The Morgan fingerprint density at radius 2 is 2.15 bits per heavy atom. The van der Waals surface area contributed by atoms with Crippen molar-refractivity contribution in [1.29, 1.82) is 0 Å². The summed E-state index contributed by atoms with van der Waals surface area (Å²) in [6.07, 6.45) is 0.743. The van der Waals surface area contributed by atoms with Crippen LogP contribution in [0.25, 0.3) is 0 Å². The van der Waals surface area contributed by atoms with Gasteiger partial charge in [0.05, 0.1) is 0 Å². The quantitative estimate of drug-likeness (QED) is 0.695. The summed E-state index contributed by atoms with van der Waals surface area (Å²) in [5, 5.41) is 17.8. The average Bonchev–Trinajstić information content (AvgIpc) is 2.33. The molecule has 0 saturated heterocycles. The molecule has 1 aliphatic carbocycles. The Kier molecular flexibility index (Phi) is 2.32. The molecule has 0 aromatic heterocycles. The highest BCUT2D eigenvalue weighted by Crippen LogP contribution is 2.45. The van der Waals surface area contributed by atoms with Gasteiger partial charge in [-0.05, 0) is 25.2 Å². The number of aliphatic hydroxyl groups is 1. The van der Waals surface area contributed by atoms with Gasteiger partial charge in [0.2, 0.25) is 0 Å². The molecule has 0 spiro atoms. The van der Waals surface area contributed by atoms with Crippen LogP contribution in [-0.2, 0) is 4.79 Å². The molecule has 0 amide bonds. The van der Waals surface area contributed by atoms with Crippen LogP contribution in [0, 0.1) is 5.92 Å². The smallest absolute Gasteiger partial charge is 0.377 e. The number of halogens is 2. The van der Waals surface area contributed by atoms with Gasteiger partial charge in [-0.3, -0.25) is 0 Å². The number of carboxylic acid groups (broad SMARTS) is 1. The summed E-state index contributed by atoms with van der Waals surface area (Å²) in [6.45, 7) is 1.45. The normalized spacial score (nSPS) is 34.9. The molecule has 2 N–H and O–H groups in total. The van der Waals surface area contributed by atoms with E-state index in [-0.39, 0.29) is 6.42 Å². The molecule has 3 nitrogen and oxygen atoms in total. The minimum absolute atomic E-state index is 0.145. The third-order valence-corrected chi connectivity index (χ3v) is 2.82. The lowest BCUT2D eigenvalue weighted by Gasteiger charge is -2.32. The summed E-state index contributed by atoms with van der Waals surface area (Å²) in [4.78, 5) is 10.2. The third-order valence-electron chi connectivity index (χ3n) is 2.82. The lowest BCUT2D eigenvalue weighted by atomic mass is 9.86. The van der Waals surface area contributed by atoms with E-state index in [1.54, 1.807) is 0 Å². The van der Waals surface area contributed by atoms with Crippen molar-refractivity contribution in [2.45, 2.75) is 37.7 Å². The van der Waals surface area contributed by atoms with Gasteiger partial charge in [0, 0.05) is 0 Å². The van der Waals surface area contributed by atoms with Crippen molar-refractivity contribution in [2.75, 3.05) is 0 Å². The number of hydrogen-bond donors (Lipinski definition) is 2. The summed E-state index contributed by atoms with van der Waals surface area (Å²) < 4.78 is 26.1. The zero-order chi connectivity index (χ0) is 10.3. The second-order valence-electron chi connectivity index (χ2n) is 3.60. The zero-order valence-electron chi connectivity index (χ0n) is 7.26. The van der Waals surface area contributed by atoms with Gasteiger partial charge in [-0.1, -0.05) is 6.92 Å². The first-order valence-electron chi connectivity index (χ1n) is 4.16. The number of alkyl halides is 2. The van der Waals surface area contributed by atoms with E-state index in [9.17, 15) is 18.7 Å². The fraction of sp³-hybridized carbons (Fsp3) is 0.875. The van der Waals surface area contributed by atoms with E-state index in [1.807, 2.05) is 0 Å². The molecule has 76 valence electrons. The highest BCUT2D eigenvalue weighted by Gasteiger charge is 2.62. The van der Waals surface area contributed by atoms with Crippen molar-refractivity contribution in [3.63, 3.8) is 0 Å². The predicted molar refractivity (Wildman–Crippen MR) is 40.5 cm³/mol. The summed E-state index contributed by atoms with van der Waals surface area (Å²) in [5.74, 6) is -6.95. The number of rotatable bonds is 2. The molecule has 1 fully saturated rings. The molecular formula is C8H12F2O3. The maximum atomic E-state index is 13.0. The van der Waals surface area contributed by atoms with Crippen molar-refractivity contribution in [1.82, 2.24) is 0 Å². The minimum atomic E-state index is -4.04. The third kappa shape index (κ3) is 1.31. The lowest BCUT2D eigenvalue weighted by molar-refractivity contribution is -0.216. The van der Waals surface area contributed by atoms with Gasteiger partial charge in [0.15, 0.2) is 0 Å². The van der Waals surface area contributed by atoms with Crippen molar-refractivity contribution >= 4 is 5.97 Å². The van der Waals surface area contributed by atoms with Crippen molar-refractivity contribution < 1.29 is 23.8 Å². The molecule has 1 saturated carbocycles. The Morgan fingerprint density at radius 1 is 1.62 bits per heavy atom. The number of carbonyl (C=O) groups is 1. The second-order valence-corrected chi connectivity index (χ2v) is 3.60. The lowest BCUT2D eigenvalue weighted by Crippen LogP contribution is -2.54. The molecule has 1 rings (SSSR count). The van der Waals surface area contributed by atoms with Crippen LogP contribution in [0.15, 0.2) is 0 Å². The minimum Gasteiger partial charge on any atom is -0.477 e. The van der Waals surface area contributed by atoms with E-state index in [0.29, 0.717) is 12.8 Å². The van der Waals surface area contributed by atoms with Crippen molar-refractivity contribution in [3.05, 3.63) is 0 Å². The Hall–Kier alpha value is -0.710. The number of aliphatic carboxylic acids is 1. The molecular weight excluding hydrogens is 182 g/mol. The summed E-state index contributed by atoms with van der Waals surface area (Å²) in [7, 11) is 0. The van der Waals surface area contributed by atoms with Crippen LogP contribution in [0.3, 0.4) is 0 Å². The van der Waals surface area contributed by atoms with E-state index < -0.39 is 23.4 Å². The first-order chi connectivity index (χ1) is 5.82. The molecule has 0 aliphatic heterocycles. The van der Waals surface area contributed by atoms with Crippen LogP contribution in [-0.4, -0.2) is 27.7 Å². The zero-order valence-corrected chi connectivity index (χ0v) is 7.26. The SMILES string of the molecule is CC1CCCC1(O)C(F)(F)C(=O)O. The highest BCUT2D eigenvalue weighted by molar-refractivity contribution is 5.77. The van der Waals surface area contributed by atoms with Gasteiger partial charge < -0.3 is 10.2 Å². The average molecular weight is 194 g/mol. The summed E-state index contributed by atoms with van der Waals surface area (Å²) in [6, 6.07) is 0. The maximum absolute atomic E-state index is 13.0. The van der Waals surface area contributed by atoms with Gasteiger partial charge in [-0.25, -0.2) is 4.79 Å². The monoisotopic (exact) mass is 194 g/mol. The van der Waals surface area contributed by atoms with Crippen LogP contribution in [0.5, 0.6) is 0 Å². The van der Waals surface area contributed by atoms with Crippen LogP contribution >= 0.6 is 0 Å². The van der Waals surface area contributed by atoms with E-state index in [1.165, 1.54) is 6.92 Å². The Balaban J connectivity index is 2.97. The fourth-order valence-corrected chi connectivity index (χ4v) is 1.81. The molecule has 0 radical (unpaired) electrons. The molecule has 2 atom stereocenters. The fourth-order valence-electron chi connectivity index (χ4n) is 1.81. The summed E-state index contributed by atoms with van der Waals surface area (Å²) in [5.41, 5.74) is -2.36. The molecule has 1 aliphatic rings.